The van der Waals surface area contributed by atoms with Crippen LogP contribution in [0.15, 0.2) is 34.9 Å². The highest BCUT2D eigenvalue weighted by Crippen LogP contribution is 2.37. The van der Waals surface area contributed by atoms with Crippen molar-refractivity contribution in [1.82, 2.24) is 0 Å². The number of aryl methyl sites for hydroxylation is 1. The van der Waals surface area contributed by atoms with Gasteiger partial charge >= 0.3 is 0 Å². The maximum absolute atomic E-state index is 10.4. The molecule has 3 heteroatoms. The van der Waals surface area contributed by atoms with Gasteiger partial charge in [0.15, 0.2) is 0 Å². The van der Waals surface area contributed by atoms with Crippen LogP contribution < -0.4 is 4.74 Å². The highest BCUT2D eigenvalue weighted by atomic mass is 16.5. The molecule has 100 valence electrons. The van der Waals surface area contributed by atoms with Crippen molar-refractivity contribution in [2.75, 3.05) is 0 Å². The lowest BCUT2D eigenvalue weighted by atomic mass is 9.97. The lowest BCUT2D eigenvalue weighted by molar-refractivity contribution is 0.138. The summed E-state index contributed by atoms with van der Waals surface area (Å²) in [7, 11) is 0. The summed E-state index contributed by atoms with van der Waals surface area (Å²) in [5.41, 5.74) is 2.79. The SMILES string of the molecule is Cc1ccoc1C(O)c1ccc2c(c1)CC(C)(C)O2. The zero-order chi connectivity index (χ0) is 13.6. The van der Waals surface area contributed by atoms with Gasteiger partial charge in [-0.05, 0) is 55.7 Å². The molecule has 1 unspecified atom stereocenters. The Morgan fingerprint density at radius 1 is 1.26 bits per heavy atom. The van der Waals surface area contributed by atoms with Gasteiger partial charge in [0.05, 0.1) is 6.26 Å². The van der Waals surface area contributed by atoms with E-state index < -0.39 is 6.10 Å². The summed E-state index contributed by atoms with van der Waals surface area (Å²) in [5, 5.41) is 10.4. The van der Waals surface area contributed by atoms with Gasteiger partial charge in [0.1, 0.15) is 23.2 Å². The Morgan fingerprint density at radius 3 is 2.74 bits per heavy atom. The van der Waals surface area contributed by atoms with Crippen LogP contribution in [0, 0.1) is 6.92 Å². The van der Waals surface area contributed by atoms with Crippen molar-refractivity contribution in [2.24, 2.45) is 0 Å². The van der Waals surface area contributed by atoms with E-state index in [2.05, 4.69) is 13.8 Å². The monoisotopic (exact) mass is 258 g/mol. The predicted molar refractivity (Wildman–Crippen MR) is 72.4 cm³/mol. The van der Waals surface area contributed by atoms with E-state index in [4.69, 9.17) is 9.15 Å². The fourth-order valence-corrected chi connectivity index (χ4v) is 2.62. The van der Waals surface area contributed by atoms with E-state index in [1.807, 2.05) is 31.2 Å². The van der Waals surface area contributed by atoms with Crippen molar-refractivity contribution in [1.29, 1.82) is 0 Å². The van der Waals surface area contributed by atoms with Gasteiger partial charge in [-0.25, -0.2) is 0 Å². The number of benzene rings is 1. The molecule has 3 rings (SSSR count). The van der Waals surface area contributed by atoms with Gasteiger partial charge in [0.2, 0.25) is 0 Å². The topological polar surface area (TPSA) is 42.6 Å². The molecule has 0 aliphatic carbocycles. The fraction of sp³-hybridized carbons (Fsp3) is 0.375. The molecular weight excluding hydrogens is 240 g/mol. The fourth-order valence-electron chi connectivity index (χ4n) is 2.62. The van der Waals surface area contributed by atoms with Crippen LogP contribution in [0.5, 0.6) is 5.75 Å². The maximum atomic E-state index is 10.4. The van der Waals surface area contributed by atoms with Crippen LogP contribution in [-0.4, -0.2) is 10.7 Å². The molecule has 0 saturated carbocycles. The number of rotatable bonds is 2. The molecule has 2 heterocycles. The average Bonchev–Trinajstić information content (AvgIpc) is 2.88. The third-order valence-electron chi connectivity index (χ3n) is 3.55. The zero-order valence-corrected chi connectivity index (χ0v) is 11.4. The van der Waals surface area contributed by atoms with E-state index in [0.29, 0.717) is 5.76 Å². The number of fused-ring (bicyclic) bond motifs is 1. The largest absolute Gasteiger partial charge is 0.487 e. The van der Waals surface area contributed by atoms with Gasteiger partial charge in [0, 0.05) is 6.42 Å². The first kappa shape index (κ1) is 12.3. The minimum atomic E-state index is -0.719. The summed E-state index contributed by atoms with van der Waals surface area (Å²) in [6, 6.07) is 7.70. The molecule has 0 fully saturated rings. The Morgan fingerprint density at radius 2 is 2.05 bits per heavy atom. The second kappa shape index (κ2) is 4.14. The minimum absolute atomic E-state index is 0.160. The van der Waals surface area contributed by atoms with Crippen LogP contribution in [0.1, 0.15) is 42.4 Å². The van der Waals surface area contributed by atoms with Crippen LogP contribution in [0.3, 0.4) is 0 Å². The first-order valence-electron chi connectivity index (χ1n) is 6.50. The molecule has 0 saturated heterocycles. The molecule has 1 N–H and O–H groups in total. The molecule has 1 aromatic heterocycles. The molecule has 2 aromatic rings. The van der Waals surface area contributed by atoms with Crippen molar-refractivity contribution < 1.29 is 14.3 Å². The van der Waals surface area contributed by atoms with Gasteiger partial charge < -0.3 is 14.3 Å². The Hall–Kier alpha value is -1.74. The number of furan rings is 1. The molecule has 1 aliphatic heterocycles. The number of hydrogen-bond acceptors (Lipinski definition) is 3. The smallest absolute Gasteiger partial charge is 0.139 e. The number of aliphatic hydroxyl groups is 1. The second-order valence-corrected chi connectivity index (χ2v) is 5.78. The molecule has 3 nitrogen and oxygen atoms in total. The van der Waals surface area contributed by atoms with Crippen LogP contribution >= 0.6 is 0 Å². The molecule has 19 heavy (non-hydrogen) atoms. The lowest BCUT2D eigenvalue weighted by Crippen LogP contribution is -2.24. The van der Waals surface area contributed by atoms with Crippen molar-refractivity contribution in [3.8, 4) is 5.75 Å². The van der Waals surface area contributed by atoms with E-state index in [1.165, 1.54) is 0 Å². The van der Waals surface area contributed by atoms with Crippen molar-refractivity contribution >= 4 is 0 Å². The van der Waals surface area contributed by atoms with Crippen LogP contribution in [-0.2, 0) is 6.42 Å². The second-order valence-electron chi connectivity index (χ2n) is 5.78. The minimum Gasteiger partial charge on any atom is -0.487 e. The third-order valence-corrected chi connectivity index (χ3v) is 3.55. The number of hydrogen-bond donors (Lipinski definition) is 1. The maximum Gasteiger partial charge on any atom is 0.139 e. The van der Waals surface area contributed by atoms with E-state index in [1.54, 1.807) is 6.26 Å². The number of aliphatic hydroxyl groups excluding tert-OH is 1. The van der Waals surface area contributed by atoms with Crippen molar-refractivity contribution in [3.05, 3.63) is 53.0 Å². The van der Waals surface area contributed by atoms with E-state index in [-0.39, 0.29) is 5.60 Å². The van der Waals surface area contributed by atoms with Gasteiger partial charge in [-0.3, -0.25) is 0 Å². The normalized spacial score (nSPS) is 17.9. The number of ether oxygens (including phenoxy) is 1. The summed E-state index contributed by atoms with van der Waals surface area (Å²) >= 11 is 0. The summed E-state index contributed by atoms with van der Waals surface area (Å²) < 4.78 is 11.2. The van der Waals surface area contributed by atoms with E-state index in [0.717, 1.165) is 28.9 Å². The van der Waals surface area contributed by atoms with Crippen LogP contribution in [0.2, 0.25) is 0 Å². The third kappa shape index (κ3) is 2.15. The average molecular weight is 258 g/mol. The lowest BCUT2D eigenvalue weighted by Gasteiger charge is -2.16. The molecule has 1 aliphatic rings. The van der Waals surface area contributed by atoms with E-state index in [9.17, 15) is 5.11 Å². The van der Waals surface area contributed by atoms with Gasteiger partial charge in [0.25, 0.3) is 0 Å². The van der Waals surface area contributed by atoms with Crippen molar-refractivity contribution in [3.63, 3.8) is 0 Å². The Balaban J connectivity index is 1.94. The van der Waals surface area contributed by atoms with Gasteiger partial charge in [-0.2, -0.15) is 0 Å². The first-order valence-corrected chi connectivity index (χ1v) is 6.50. The highest BCUT2D eigenvalue weighted by Gasteiger charge is 2.30. The summed E-state index contributed by atoms with van der Waals surface area (Å²) in [6.07, 6.45) is 1.75. The zero-order valence-electron chi connectivity index (χ0n) is 11.4. The standard InChI is InChI=1S/C16H18O3/c1-10-6-7-18-15(10)14(17)11-4-5-13-12(8-11)9-16(2,3)19-13/h4-8,14,17H,9H2,1-3H3. The molecular formula is C16H18O3. The van der Waals surface area contributed by atoms with Gasteiger partial charge in [-0.1, -0.05) is 6.07 Å². The molecule has 0 radical (unpaired) electrons. The molecule has 0 spiro atoms. The van der Waals surface area contributed by atoms with Gasteiger partial charge in [-0.15, -0.1) is 0 Å². The molecule has 0 bridgehead atoms. The first-order chi connectivity index (χ1) is 8.96. The Bertz CT molecular complexity index is 610. The molecule has 1 aromatic carbocycles. The summed E-state index contributed by atoms with van der Waals surface area (Å²) in [6.45, 7) is 6.07. The Labute approximate surface area is 112 Å². The Kier molecular flexibility index (Phi) is 2.68. The summed E-state index contributed by atoms with van der Waals surface area (Å²) in [5.74, 6) is 1.52. The van der Waals surface area contributed by atoms with Crippen molar-refractivity contribution in [2.45, 2.75) is 38.9 Å². The summed E-state index contributed by atoms with van der Waals surface area (Å²) in [4.78, 5) is 0. The van der Waals surface area contributed by atoms with Crippen LogP contribution in [0.4, 0.5) is 0 Å². The molecule has 1 atom stereocenters. The van der Waals surface area contributed by atoms with E-state index >= 15 is 0 Å². The predicted octanol–water partition coefficient (Wildman–Crippen LogP) is 3.38. The molecule has 0 amide bonds. The quantitative estimate of drug-likeness (QED) is 0.898. The van der Waals surface area contributed by atoms with Crippen LogP contribution in [0.25, 0.3) is 0 Å². The highest BCUT2D eigenvalue weighted by molar-refractivity contribution is 5.43.